The van der Waals surface area contributed by atoms with Gasteiger partial charge in [-0.25, -0.2) is 0 Å². The lowest BCUT2D eigenvalue weighted by Gasteiger charge is -2.06. The first-order valence-corrected chi connectivity index (χ1v) is 6.54. The van der Waals surface area contributed by atoms with Gasteiger partial charge in [0.15, 0.2) is 0 Å². The molecule has 0 aliphatic carbocycles. The number of amides is 2. The van der Waals surface area contributed by atoms with Crippen molar-refractivity contribution in [3.05, 3.63) is 38.9 Å². The zero-order chi connectivity index (χ0) is 12.8. The van der Waals surface area contributed by atoms with Crippen molar-refractivity contribution in [1.82, 2.24) is 5.32 Å². The van der Waals surface area contributed by atoms with Crippen LogP contribution in [0.2, 0.25) is 0 Å². The summed E-state index contributed by atoms with van der Waals surface area (Å²) >= 11 is 5.49. The first-order valence-electron chi connectivity index (χ1n) is 4.67. The smallest absolute Gasteiger partial charge is 0.243 e. The van der Waals surface area contributed by atoms with Gasteiger partial charge in [0.05, 0.1) is 6.54 Å². The molecule has 2 amide bonds. The highest BCUT2D eigenvalue weighted by Crippen LogP contribution is 2.20. The van der Waals surface area contributed by atoms with Gasteiger partial charge in [0, 0.05) is 13.7 Å². The van der Waals surface area contributed by atoms with E-state index in [1.165, 1.54) is 0 Å². The molecular weight excluding hydrogens is 399 g/mol. The Hall–Kier alpha value is -0.890. The molecule has 0 saturated heterocycles. The van der Waals surface area contributed by atoms with E-state index in [2.05, 4.69) is 55.7 Å². The molecule has 0 aliphatic rings. The van der Waals surface area contributed by atoms with E-state index in [1.807, 2.05) is 12.1 Å². The van der Waals surface area contributed by atoms with Gasteiger partial charge in [-0.15, -0.1) is 0 Å². The van der Waals surface area contributed by atoms with Gasteiger partial charge in [0.25, 0.3) is 0 Å². The molecule has 0 spiro atoms. The molecule has 1 rings (SSSR count). The Morgan fingerprint density at radius 2 is 2.12 bits per heavy atom. The highest BCUT2D eigenvalue weighted by Gasteiger charge is 2.04. The van der Waals surface area contributed by atoms with Gasteiger partial charge in [-0.05, 0) is 46.9 Å². The van der Waals surface area contributed by atoms with Crippen LogP contribution in [-0.4, -0.2) is 18.4 Å². The van der Waals surface area contributed by atoms with Crippen molar-refractivity contribution in [3.63, 3.8) is 0 Å². The summed E-state index contributed by atoms with van der Waals surface area (Å²) in [4.78, 5) is 22.3. The van der Waals surface area contributed by atoms with Crippen molar-refractivity contribution in [1.29, 1.82) is 0 Å². The number of hydrogen-bond donors (Lipinski definition) is 2. The van der Waals surface area contributed by atoms with Gasteiger partial charge >= 0.3 is 0 Å². The van der Waals surface area contributed by atoms with E-state index in [1.54, 1.807) is 6.07 Å². The Balaban J connectivity index is 2.56. The second-order valence-electron chi connectivity index (χ2n) is 3.13. The standard InChI is InChI=1S/C11H10BrIN2O2/c1-2-10(16)14-6-11(17)15-9-4-7(12)3-8(13)5-9/h2-5H,1,6H2,(H,14,16)(H,15,17). The molecule has 17 heavy (non-hydrogen) atoms. The molecule has 0 unspecified atom stereocenters. The Bertz CT molecular complexity index is 443. The summed E-state index contributed by atoms with van der Waals surface area (Å²) < 4.78 is 1.89. The average Bonchev–Trinajstić information content (AvgIpc) is 2.24. The molecule has 0 saturated carbocycles. The van der Waals surface area contributed by atoms with Gasteiger partial charge in [-0.3, -0.25) is 9.59 Å². The molecule has 6 heteroatoms. The number of nitrogens with one attached hydrogen (secondary N) is 2. The van der Waals surface area contributed by atoms with E-state index in [0.717, 1.165) is 14.1 Å². The van der Waals surface area contributed by atoms with Crippen LogP contribution in [0.3, 0.4) is 0 Å². The Labute approximate surface area is 121 Å². The van der Waals surface area contributed by atoms with Crippen molar-refractivity contribution in [2.24, 2.45) is 0 Å². The molecule has 2 N–H and O–H groups in total. The van der Waals surface area contributed by atoms with Crippen LogP contribution in [-0.2, 0) is 9.59 Å². The summed E-state index contributed by atoms with van der Waals surface area (Å²) in [6.07, 6.45) is 1.12. The second-order valence-corrected chi connectivity index (χ2v) is 5.29. The van der Waals surface area contributed by atoms with Gasteiger partial charge in [-0.1, -0.05) is 22.5 Å². The van der Waals surface area contributed by atoms with E-state index in [4.69, 9.17) is 0 Å². The quantitative estimate of drug-likeness (QED) is 0.593. The third kappa shape index (κ3) is 5.31. The van der Waals surface area contributed by atoms with E-state index < -0.39 is 0 Å². The van der Waals surface area contributed by atoms with Gasteiger partial charge in [0.1, 0.15) is 0 Å². The summed E-state index contributed by atoms with van der Waals surface area (Å²) in [6.45, 7) is 3.22. The van der Waals surface area contributed by atoms with Crippen LogP contribution in [0, 0.1) is 3.57 Å². The summed E-state index contributed by atoms with van der Waals surface area (Å²) in [5, 5.41) is 5.08. The molecule has 0 atom stereocenters. The van der Waals surface area contributed by atoms with Crippen LogP contribution in [0.25, 0.3) is 0 Å². The molecule has 0 fully saturated rings. The summed E-state index contributed by atoms with van der Waals surface area (Å²) in [6, 6.07) is 5.55. The number of rotatable bonds is 4. The number of anilines is 1. The SMILES string of the molecule is C=CC(=O)NCC(=O)Nc1cc(Br)cc(I)c1. The van der Waals surface area contributed by atoms with Crippen LogP contribution in [0.1, 0.15) is 0 Å². The predicted octanol–water partition coefficient (Wildman–Crippen LogP) is 2.29. The fourth-order valence-electron chi connectivity index (χ4n) is 1.07. The minimum absolute atomic E-state index is 0.0755. The molecule has 0 aliphatic heterocycles. The molecular formula is C11H10BrIN2O2. The van der Waals surface area contributed by atoms with E-state index in [0.29, 0.717) is 5.69 Å². The van der Waals surface area contributed by atoms with Crippen LogP contribution in [0.4, 0.5) is 5.69 Å². The minimum atomic E-state index is -0.371. The monoisotopic (exact) mass is 408 g/mol. The molecule has 90 valence electrons. The maximum Gasteiger partial charge on any atom is 0.243 e. The maximum atomic E-state index is 11.5. The van der Waals surface area contributed by atoms with Crippen LogP contribution in [0.15, 0.2) is 35.3 Å². The van der Waals surface area contributed by atoms with Gasteiger partial charge in [-0.2, -0.15) is 0 Å². The average molecular weight is 409 g/mol. The lowest BCUT2D eigenvalue weighted by Crippen LogP contribution is -2.31. The van der Waals surface area contributed by atoms with Crippen molar-refractivity contribution < 1.29 is 9.59 Å². The van der Waals surface area contributed by atoms with Crippen LogP contribution >= 0.6 is 38.5 Å². The predicted molar refractivity (Wildman–Crippen MR) is 78.7 cm³/mol. The van der Waals surface area contributed by atoms with Crippen molar-refractivity contribution in [3.8, 4) is 0 Å². The van der Waals surface area contributed by atoms with Crippen molar-refractivity contribution >= 4 is 56.0 Å². The fourth-order valence-corrected chi connectivity index (χ4v) is 2.66. The van der Waals surface area contributed by atoms with E-state index in [-0.39, 0.29) is 18.4 Å². The molecule has 1 aromatic rings. The van der Waals surface area contributed by atoms with E-state index in [9.17, 15) is 9.59 Å². The highest BCUT2D eigenvalue weighted by molar-refractivity contribution is 14.1. The number of carbonyl (C=O) groups is 2. The Morgan fingerprint density at radius 1 is 1.41 bits per heavy atom. The molecule has 0 heterocycles. The fraction of sp³-hybridized carbons (Fsp3) is 0.0909. The van der Waals surface area contributed by atoms with Crippen LogP contribution < -0.4 is 10.6 Å². The number of carbonyl (C=O) groups excluding carboxylic acids is 2. The maximum absolute atomic E-state index is 11.5. The number of halogens is 2. The van der Waals surface area contributed by atoms with Gasteiger partial charge in [0.2, 0.25) is 11.8 Å². The molecule has 1 aromatic carbocycles. The highest BCUT2D eigenvalue weighted by atomic mass is 127. The zero-order valence-corrected chi connectivity index (χ0v) is 12.5. The Kier molecular flexibility index (Phi) is 5.63. The number of benzene rings is 1. The third-order valence-electron chi connectivity index (χ3n) is 1.75. The Morgan fingerprint density at radius 3 is 2.71 bits per heavy atom. The molecule has 0 radical (unpaired) electrons. The molecule has 0 aromatic heterocycles. The number of hydrogen-bond acceptors (Lipinski definition) is 2. The van der Waals surface area contributed by atoms with Crippen LogP contribution in [0.5, 0.6) is 0 Å². The second kappa shape index (κ2) is 6.75. The minimum Gasteiger partial charge on any atom is -0.343 e. The van der Waals surface area contributed by atoms with Crippen molar-refractivity contribution in [2.75, 3.05) is 11.9 Å². The first kappa shape index (κ1) is 14.2. The lowest BCUT2D eigenvalue weighted by molar-refractivity contribution is -0.121. The van der Waals surface area contributed by atoms with Gasteiger partial charge < -0.3 is 10.6 Å². The first-order chi connectivity index (χ1) is 8.01. The van der Waals surface area contributed by atoms with E-state index >= 15 is 0 Å². The normalized spacial score (nSPS) is 9.53. The summed E-state index contributed by atoms with van der Waals surface area (Å²) in [5.74, 6) is -0.655. The molecule has 4 nitrogen and oxygen atoms in total. The van der Waals surface area contributed by atoms with Crippen molar-refractivity contribution in [2.45, 2.75) is 0 Å². The third-order valence-corrected chi connectivity index (χ3v) is 2.84. The topological polar surface area (TPSA) is 58.2 Å². The zero-order valence-electron chi connectivity index (χ0n) is 8.80. The summed E-state index contributed by atoms with van der Waals surface area (Å²) in [7, 11) is 0. The molecule has 0 bridgehead atoms. The lowest BCUT2D eigenvalue weighted by atomic mass is 10.3. The largest absolute Gasteiger partial charge is 0.343 e. The summed E-state index contributed by atoms with van der Waals surface area (Å²) in [5.41, 5.74) is 0.682.